The molecule has 6 nitrogen and oxygen atoms in total. The first kappa shape index (κ1) is 13.9. The van der Waals surface area contributed by atoms with Gasteiger partial charge in [0.1, 0.15) is 5.69 Å². The van der Waals surface area contributed by atoms with Crippen molar-refractivity contribution in [2.75, 3.05) is 13.2 Å². The third-order valence-corrected chi connectivity index (χ3v) is 3.50. The molecule has 0 bridgehead atoms. The van der Waals surface area contributed by atoms with Crippen molar-refractivity contribution in [1.29, 1.82) is 0 Å². The molecule has 1 aromatic rings. The second-order valence-corrected chi connectivity index (χ2v) is 4.79. The lowest BCUT2D eigenvalue weighted by Gasteiger charge is -2.34. The molecule has 1 atom stereocenters. The standard InChI is InChI=1S/C13H20N4O2/c14-16-13(19)12-6-3-4-10(15-12)8-17-7-2-1-5-11(17)9-18/h3-4,6,11,18H,1-2,5,7-9,14H2,(H,16,19). The molecule has 1 amide bonds. The number of hydrazine groups is 1. The van der Waals surface area contributed by atoms with Gasteiger partial charge in [0.15, 0.2) is 0 Å². The van der Waals surface area contributed by atoms with Crippen LogP contribution in [0.1, 0.15) is 35.4 Å². The van der Waals surface area contributed by atoms with E-state index in [1.807, 2.05) is 6.07 Å². The predicted octanol–water partition coefficient (Wildman–Crippen LogP) is 0.0319. The van der Waals surface area contributed by atoms with Gasteiger partial charge >= 0.3 is 0 Å². The Kier molecular flexibility index (Phi) is 4.84. The lowest BCUT2D eigenvalue weighted by atomic mass is 10.0. The summed E-state index contributed by atoms with van der Waals surface area (Å²) in [6, 6.07) is 5.51. The van der Waals surface area contributed by atoms with Crippen LogP contribution >= 0.6 is 0 Å². The fraction of sp³-hybridized carbons (Fsp3) is 0.538. The molecule has 0 aliphatic carbocycles. The maximum Gasteiger partial charge on any atom is 0.283 e. The molecule has 1 aromatic heterocycles. The molecule has 1 aliphatic rings. The van der Waals surface area contributed by atoms with Gasteiger partial charge in [-0.25, -0.2) is 10.8 Å². The van der Waals surface area contributed by atoms with Gasteiger partial charge in [-0.1, -0.05) is 12.5 Å². The van der Waals surface area contributed by atoms with Crippen molar-refractivity contribution in [2.45, 2.75) is 31.8 Å². The van der Waals surface area contributed by atoms with Gasteiger partial charge in [0.05, 0.1) is 12.3 Å². The van der Waals surface area contributed by atoms with Gasteiger partial charge in [-0.2, -0.15) is 0 Å². The summed E-state index contributed by atoms with van der Waals surface area (Å²) in [4.78, 5) is 17.9. The van der Waals surface area contributed by atoms with Gasteiger partial charge in [-0.05, 0) is 31.5 Å². The molecule has 0 saturated carbocycles. The van der Waals surface area contributed by atoms with Crippen molar-refractivity contribution in [3.63, 3.8) is 0 Å². The van der Waals surface area contributed by atoms with Crippen molar-refractivity contribution in [3.8, 4) is 0 Å². The van der Waals surface area contributed by atoms with E-state index in [1.54, 1.807) is 12.1 Å². The highest BCUT2D eigenvalue weighted by Crippen LogP contribution is 2.18. The first-order valence-corrected chi connectivity index (χ1v) is 6.56. The van der Waals surface area contributed by atoms with Crippen molar-refractivity contribution < 1.29 is 9.90 Å². The van der Waals surface area contributed by atoms with Crippen LogP contribution in [0.3, 0.4) is 0 Å². The molecule has 2 heterocycles. The zero-order valence-corrected chi connectivity index (χ0v) is 10.9. The highest BCUT2D eigenvalue weighted by molar-refractivity contribution is 5.91. The van der Waals surface area contributed by atoms with Gasteiger partial charge < -0.3 is 5.11 Å². The molecular weight excluding hydrogens is 244 g/mol. The van der Waals surface area contributed by atoms with Crippen LogP contribution in [0.4, 0.5) is 0 Å². The van der Waals surface area contributed by atoms with E-state index in [9.17, 15) is 9.90 Å². The number of hydrogen-bond donors (Lipinski definition) is 3. The van der Waals surface area contributed by atoms with E-state index in [0.717, 1.165) is 31.5 Å². The zero-order valence-electron chi connectivity index (χ0n) is 10.9. The van der Waals surface area contributed by atoms with E-state index in [-0.39, 0.29) is 18.6 Å². The van der Waals surface area contributed by atoms with Gasteiger partial charge in [0.2, 0.25) is 0 Å². The number of nitrogens with two attached hydrogens (primary N) is 1. The third kappa shape index (κ3) is 3.50. The number of rotatable bonds is 4. The highest BCUT2D eigenvalue weighted by Gasteiger charge is 2.22. The van der Waals surface area contributed by atoms with Gasteiger partial charge in [0.25, 0.3) is 5.91 Å². The van der Waals surface area contributed by atoms with Crippen molar-refractivity contribution in [3.05, 3.63) is 29.6 Å². The van der Waals surface area contributed by atoms with Crippen LogP contribution in [0.15, 0.2) is 18.2 Å². The second-order valence-electron chi connectivity index (χ2n) is 4.79. The van der Waals surface area contributed by atoms with Crippen molar-refractivity contribution >= 4 is 5.91 Å². The molecule has 19 heavy (non-hydrogen) atoms. The second kappa shape index (κ2) is 6.60. The lowest BCUT2D eigenvalue weighted by molar-refractivity contribution is 0.0827. The van der Waals surface area contributed by atoms with E-state index >= 15 is 0 Å². The lowest BCUT2D eigenvalue weighted by Crippen LogP contribution is -2.41. The summed E-state index contributed by atoms with van der Waals surface area (Å²) < 4.78 is 0. The number of pyridine rings is 1. The number of nitrogens with one attached hydrogen (secondary N) is 1. The van der Waals surface area contributed by atoms with Gasteiger partial charge in [-0.3, -0.25) is 15.1 Å². The molecular formula is C13H20N4O2. The molecule has 0 aromatic carbocycles. The average molecular weight is 264 g/mol. The monoisotopic (exact) mass is 264 g/mol. The molecule has 1 unspecified atom stereocenters. The summed E-state index contributed by atoms with van der Waals surface area (Å²) in [5.74, 6) is 4.71. The Labute approximate surface area is 112 Å². The number of aliphatic hydroxyl groups excluding tert-OH is 1. The number of nitrogen functional groups attached to an aromatic ring is 1. The average Bonchev–Trinajstić information content (AvgIpc) is 2.47. The Morgan fingerprint density at radius 2 is 2.37 bits per heavy atom. The van der Waals surface area contributed by atoms with Crippen LogP contribution in [0.2, 0.25) is 0 Å². The number of likely N-dealkylation sites (tertiary alicyclic amines) is 1. The summed E-state index contributed by atoms with van der Waals surface area (Å²) in [5.41, 5.74) is 3.21. The summed E-state index contributed by atoms with van der Waals surface area (Å²) in [6.45, 7) is 1.78. The van der Waals surface area contributed by atoms with E-state index in [1.165, 1.54) is 0 Å². The Hall–Kier alpha value is -1.50. The van der Waals surface area contributed by atoms with Gasteiger partial charge in [-0.15, -0.1) is 0 Å². The predicted molar refractivity (Wildman–Crippen MR) is 71.0 cm³/mol. The number of piperidine rings is 1. The third-order valence-electron chi connectivity index (χ3n) is 3.50. The number of carbonyl (C=O) groups is 1. The number of carbonyl (C=O) groups excluding carboxylic acids is 1. The molecule has 0 spiro atoms. The number of amides is 1. The van der Waals surface area contributed by atoms with E-state index in [0.29, 0.717) is 12.2 Å². The summed E-state index contributed by atoms with van der Waals surface area (Å²) >= 11 is 0. The van der Waals surface area contributed by atoms with Crippen LogP contribution in [0.25, 0.3) is 0 Å². The Bertz CT molecular complexity index is 438. The molecule has 4 N–H and O–H groups in total. The Balaban J connectivity index is 2.07. The van der Waals surface area contributed by atoms with E-state index in [2.05, 4.69) is 15.3 Å². The molecule has 6 heteroatoms. The van der Waals surface area contributed by atoms with Crippen LogP contribution in [0, 0.1) is 0 Å². The Morgan fingerprint density at radius 1 is 1.53 bits per heavy atom. The number of nitrogens with zero attached hydrogens (tertiary/aromatic N) is 2. The summed E-state index contributed by atoms with van der Waals surface area (Å²) in [5, 5.41) is 9.38. The van der Waals surface area contributed by atoms with E-state index in [4.69, 9.17) is 5.84 Å². The first-order chi connectivity index (χ1) is 9.24. The number of hydrogen-bond acceptors (Lipinski definition) is 5. The van der Waals surface area contributed by atoms with Crippen LogP contribution in [-0.4, -0.2) is 40.1 Å². The SMILES string of the molecule is NNC(=O)c1cccc(CN2CCCCC2CO)n1. The van der Waals surface area contributed by atoms with Gasteiger partial charge in [0, 0.05) is 12.6 Å². The number of aliphatic hydroxyl groups is 1. The van der Waals surface area contributed by atoms with Crippen LogP contribution in [-0.2, 0) is 6.54 Å². The van der Waals surface area contributed by atoms with Crippen molar-refractivity contribution in [1.82, 2.24) is 15.3 Å². The quantitative estimate of drug-likeness (QED) is 0.405. The number of aromatic nitrogens is 1. The first-order valence-electron chi connectivity index (χ1n) is 6.56. The van der Waals surface area contributed by atoms with E-state index < -0.39 is 0 Å². The molecule has 1 fully saturated rings. The molecule has 2 rings (SSSR count). The zero-order chi connectivity index (χ0) is 13.7. The fourth-order valence-corrected chi connectivity index (χ4v) is 2.45. The smallest absolute Gasteiger partial charge is 0.283 e. The Morgan fingerprint density at radius 3 is 3.11 bits per heavy atom. The summed E-state index contributed by atoms with van der Waals surface area (Å²) in [7, 11) is 0. The maximum absolute atomic E-state index is 11.4. The fourth-order valence-electron chi connectivity index (χ4n) is 2.45. The highest BCUT2D eigenvalue weighted by atomic mass is 16.3. The molecule has 0 radical (unpaired) electrons. The van der Waals surface area contributed by atoms with Crippen molar-refractivity contribution in [2.24, 2.45) is 5.84 Å². The minimum absolute atomic E-state index is 0.170. The normalized spacial score (nSPS) is 20.2. The topological polar surface area (TPSA) is 91.5 Å². The van der Waals surface area contributed by atoms with Crippen LogP contribution in [0.5, 0.6) is 0 Å². The largest absolute Gasteiger partial charge is 0.395 e. The molecule has 1 saturated heterocycles. The molecule has 1 aliphatic heterocycles. The minimum atomic E-state index is -0.390. The maximum atomic E-state index is 11.4. The van der Waals surface area contributed by atoms with Crippen LogP contribution < -0.4 is 11.3 Å². The minimum Gasteiger partial charge on any atom is -0.395 e. The summed E-state index contributed by atoms with van der Waals surface area (Å²) in [6.07, 6.45) is 3.31. The molecule has 104 valence electrons.